The molecule has 2 aliphatic rings. The Morgan fingerprint density at radius 3 is 2.77 bits per heavy atom. The van der Waals surface area contributed by atoms with Crippen LogP contribution in [0.2, 0.25) is 0 Å². The number of nitrogens with zero attached hydrogens (tertiary/aromatic N) is 4. The first kappa shape index (κ1) is 27.6. The lowest BCUT2D eigenvalue weighted by Gasteiger charge is -2.31. The molecule has 0 aliphatic carbocycles. The topological polar surface area (TPSA) is 90.5 Å². The molecule has 0 bridgehead atoms. The minimum absolute atomic E-state index is 0.0726. The molecule has 0 N–H and O–H groups in total. The van der Waals surface area contributed by atoms with Crippen molar-refractivity contribution in [1.29, 1.82) is 0 Å². The fourth-order valence-electron chi connectivity index (χ4n) is 6.00. The Balaban J connectivity index is 1.15. The molecular weight excluding hydrogens is 499 g/mol. The van der Waals surface area contributed by atoms with Crippen molar-refractivity contribution in [3.05, 3.63) is 57.1 Å². The minimum Gasteiger partial charge on any atom is -0.370 e. The molecule has 210 valence electrons. The summed E-state index contributed by atoms with van der Waals surface area (Å²) in [4.78, 5) is 31.8. The average Bonchev–Trinajstić information content (AvgIpc) is 3.34. The number of hydrogen-bond acceptors (Lipinski definition) is 7. The molecule has 0 saturated carbocycles. The predicted octanol–water partition coefficient (Wildman–Crippen LogP) is 5.26. The zero-order valence-electron chi connectivity index (χ0n) is 23.1. The molecule has 1 atom stereocenters. The minimum atomic E-state index is -0.316. The number of benzene rings is 1. The lowest BCUT2D eigenvalue weighted by atomic mass is 9.91. The van der Waals surface area contributed by atoms with E-state index < -0.39 is 0 Å². The number of ketones is 1. The maximum absolute atomic E-state index is 13.5. The number of piperidine rings is 1. The fourth-order valence-corrected chi connectivity index (χ4v) is 6.00. The van der Waals surface area contributed by atoms with Crippen molar-refractivity contribution in [2.24, 2.45) is 0 Å². The Morgan fingerprint density at radius 2 is 1.97 bits per heavy atom. The first-order valence-corrected chi connectivity index (χ1v) is 14.4. The number of Topliss-reactive ketones (excluding diaryl/α,β-unsaturated/α-hetero) is 1. The van der Waals surface area contributed by atoms with Crippen molar-refractivity contribution in [1.82, 2.24) is 19.6 Å². The third-order valence-electron chi connectivity index (χ3n) is 8.24. The van der Waals surface area contributed by atoms with E-state index in [9.17, 15) is 14.0 Å². The van der Waals surface area contributed by atoms with Gasteiger partial charge in [0.2, 0.25) is 0 Å². The molecule has 1 saturated heterocycles. The first-order chi connectivity index (χ1) is 18.9. The van der Waals surface area contributed by atoms with Gasteiger partial charge in [-0.2, -0.15) is 0 Å². The summed E-state index contributed by atoms with van der Waals surface area (Å²) in [5.74, 6) is 0.965. The number of unbranched alkanes of at least 4 members (excludes halogenated alkanes) is 2. The second-order valence-corrected chi connectivity index (χ2v) is 11.1. The van der Waals surface area contributed by atoms with Gasteiger partial charge in [-0.1, -0.05) is 11.6 Å². The van der Waals surface area contributed by atoms with Crippen LogP contribution in [0.3, 0.4) is 0 Å². The van der Waals surface area contributed by atoms with E-state index in [0.29, 0.717) is 31.6 Å². The molecule has 5 rings (SSSR count). The van der Waals surface area contributed by atoms with E-state index in [-0.39, 0.29) is 29.2 Å². The van der Waals surface area contributed by atoms with E-state index >= 15 is 0 Å². The van der Waals surface area contributed by atoms with E-state index in [1.54, 1.807) is 13.0 Å². The molecule has 2 aromatic heterocycles. The molecule has 8 nitrogen and oxygen atoms in total. The molecule has 0 spiro atoms. The van der Waals surface area contributed by atoms with Gasteiger partial charge in [-0.25, -0.2) is 9.37 Å². The molecule has 39 heavy (non-hydrogen) atoms. The van der Waals surface area contributed by atoms with Crippen LogP contribution in [0.4, 0.5) is 4.39 Å². The van der Waals surface area contributed by atoms with Gasteiger partial charge in [-0.05, 0) is 84.0 Å². The highest BCUT2D eigenvalue weighted by molar-refractivity contribution is 5.80. The molecule has 1 fully saturated rings. The maximum atomic E-state index is 13.5. The second kappa shape index (κ2) is 12.5. The number of fused-ring (bicyclic) bond motifs is 2. The van der Waals surface area contributed by atoms with Gasteiger partial charge in [0.15, 0.2) is 5.58 Å². The second-order valence-electron chi connectivity index (χ2n) is 11.1. The number of aryl methyl sites for hydroxylation is 1. The van der Waals surface area contributed by atoms with Gasteiger partial charge in [0.25, 0.3) is 5.56 Å². The third-order valence-corrected chi connectivity index (χ3v) is 8.24. The van der Waals surface area contributed by atoms with Gasteiger partial charge >= 0.3 is 0 Å². The zero-order valence-corrected chi connectivity index (χ0v) is 23.1. The number of carbonyl (C=O) groups is 1. The molecule has 1 aromatic carbocycles. The van der Waals surface area contributed by atoms with Crippen molar-refractivity contribution in [2.75, 3.05) is 26.2 Å². The van der Waals surface area contributed by atoms with Crippen molar-refractivity contribution in [2.45, 2.75) is 90.2 Å². The Kier molecular flexibility index (Phi) is 8.87. The van der Waals surface area contributed by atoms with Crippen LogP contribution in [0.5, 0.6) is 0 Å². The van der Waals surface area contributed by atoms with Gasteiger partial charge < -0.3 is 19.0 Å². The number of carbonyl (C=O) groups excluding carboxylic acids is 1. The molecule has 9 heteroatoms. The Morgan fingerprint density at radius 1 is 1.15 bits per heavy atom. The Labute approximate surface area is 228 Å². The molecule has 2 aliphatic heterocycles. The van der Waals surface area contributed by atoms with Gasteiger partial charge in [-0.3, -0.25) is 9.36 Å². The van der Waals surface area contributed by atoms with Gasteiger partial charge in [0.1, 0.15) is 23.5 Å². The quantitative estimate of drug-likeness (QED) is 0.308. The largest absolute Gasteiger partial charge is 0.370 e. The van der Waals surface area contributed by atoms with Gasteiger partial charge in [-0.15, -0.1) is 0 Å². The summed E-state index contributed by atoms with van der Waals surface area (Å²) < 4.78 is 26.9. The van der Waals surface area contributed by atoms with Crippen molar-refractivity contribution >= 4 is 16.8 Å². The number of rotatable bonds is 11. The fraction of sp³-hybridized carbons (Fsp3) is 0.600. The van der Waals surface area contributed by atoms with Crippen LogP contribution in [-0.4, -0.2) is 51.6 Å². The Bertz CT molecular complexity index is 1360. The van der Waals surface area contributed by atoms with E-state index in [4.69, 9.17) is 14.2 Å². The first-order valence-electron chi connectivity index (χ1n) is 14.4. The van der Waals surface area contributed by atoms with Crippen LogP contribution in [0, 0.1) is 12.7 Å². The summed E-state index contributed by atoms with van der Waals surface area (Å²) in [6.45, 7) is 7.53. The summed E-state index contributed by atoms with van der Waals surface area (Å²) in [6.07, 6.45) is 7.63. The smallest absolute Gasteiger partial charge is 0.257 e. The van der Waals surface area contributed by atoms with E-state index in [1.165, 1.54) is 12.1 Å². The Hall–Kier alpha value is -2.91. The highest BCUT2D eigenvalue weighted by atomic mass is 19.1. The monoisotopic (exact) mass is 538 g/mol. The van der Waals surface area contributed by atoms with Crippen molar-refractivity contribution in [3.8, 4) is 0 Å². The van der Waals surface area contributed by atoms with E-state index in [1.807, 2.05) is 11.5 Å². The maximum Gasteiger partial charge on any atom is 0.257 e. The average molecular weight is 539 g/mol. The molecule has 0 amide bonds. The predicted molar refractivity (Wildman–Crippen MR) is 146 cm³/mol. The zero-order chi connectivity index (χ0) is 27.4. The lowest BCUT2D eigenvalue weighted by molar-refractivity contribution is -0.117. The molecule has 0 radical (unpaired) electrons. The summed E-state index contributed by atoms with van der Waals surface area (Å²) >= 11 is 0. The SMILES string of the molecule is CC(=O)CCCCCOC1CCCn2c1nc(C)c(CCN1CCC(c3noc4cc(F)ccc34)CC1)c2=O. The molecule has 4 heterocycles. The van der Waals surface area contributed by atoms with Crippen LogP contribution in [0.1, 0.15) is 93.1 Å². The summed E-state index contributed by atoms with van der Waals surface area (Å²) in [5.41, 5.74) is 3.10. The number of halogens is 1. The number of likely N-dealkylation sites (tertiary alicyclic amines) is 1. The van der Waals surface area contributed by atoms with Crippen molar-refractivity contribution in [3.63, 3.8) is 0 Å². The van der Waals surface area contributed by atoms with Crippen LogP contribution >= 0.6 is 0 Å². The number of aromatic nitrogens is 3. The third kappa shape index (κ3) is 6.47. The normalized spacial score (nSPS) is 18.5. The highest BCUT2D eigenvalue weighted by Crippen LogP contribution is 2.33. The molecule has 3 aromatic rings. The van der Waals surface area contributed by atoms with Gasteiger partial charge in [0, 0.05) is 54.7 Å². The van der Waals surface area contributed by atoms with Crippen molar-refractivity contribution < 1.29 is 18.4 Å². The molecule has 1 unspecified atom stereocenters. The van der Waals surface area contributed by atoms with E-state index in [2.05, 4.69) is 10.1 Å². The van der Waals surface area contributed by atoms with Crippen LogP contribution < -0.4 is 5.56 Å². The van der Waals surface area contributed by atoms with E-state index in [0.717, 1.165) is 92.7 Å². The van der Waals surface area contributed by atoms with Crippen LogP contribution in [0.25, 0.3) is 11.0 Å². The standard InChI is InChI=1S/C30H39FN4O4/c1-20(36)7-4-3-5-18-38-26-8-6-14-35-29(26)32-21(2)24(30(35)37)13-17-34-15-11-22(12-16-34)28-25-10-9-23(31)19-27(25)39-33-28/h9-10,19,22,26H,3-8,11-18H2,1-2H3. The lowest BCUT2D eigenvalue weighted by Crippen LogP contribution is -2.38. The summed E-state index contributed by atoms with van der Waals surface area (Å²) in [5, 5.41) is 5.15. The highest BCUT2D eigenvalue weighted by Gasteiger charge is 2.28. The molecular formula is C30H39FN4O4. The van der Waals surface area contributed by atoms with Crippen LogP contribution in [-0.2, 0) is 22.5 Å². The summed E-state index contributed by atoms with van der Waals surface area (Å²) in [7, 11) is 0. The van der Waals surface area contributed by atoms with Crippen LogP contribution in [0.15, 0.2) is 27.5 Å². The number of ether oxygens (including phenoxy) is 1. The summed E-state index contributed by atoms with van der Waals surface area (Å²) in [6, 6.07) is 4.61. The number of hydrogen-bond donors (Lipinski definition) is 0. The van der Waals surface area contributed by atoms with Gasteiger partial charge in [0.05, 0.1) is 5.69 Å².